The minimum atomic E-state index is 0.417. The third-order valence-corrected chi connectivity index (χ3v) is 3.09. The summed E-state index contributed by atoms with van der Waals surface area (Å²) in [5.74, 6) is 5.94. The summed E-state index contributed by atoms with van der Waals surface area (Å²) in [6, 6.07) is 5.97. The van der Waals surface area contributed by atoms with Gasteiger partial charge < -0.3 is 4.74 Å². The van der Waals surface area contributed by atoms with E-state index in [1.807, 2.05) is 17.5 Å². The van der Waals surface area contributed by atoms with Crippen LogP contribution >= 0.6 is 11.3 Å². The molecule has 2 rings (SSSR count). The normalized spacial score (nSPS) is 10.7. The molecule has 1 aromatic carbocycles. The molecule has 2 aromatic rings. The van der Waals surface area contributed by atoms with Gasteiger partial charge in [-0.2, -0.15) is 0 Å². The SMILES string of the molecule is COc1cccc2scc(CON)c12. The van der Waals surface area contributed by atoms with Crippen molar-refractivity contribution >= 4 is 21.4 Å². The summed E-state index contributed by atoms with van der Waals surface area (Å²) in [6.45, 7) is 0.417. The van der Waals surface area contributed by atoms with E-state index in [4.69, 9.17) is 10.6 Å². The quantitative estimate of drug-likeness (QED) is 0.789. The van der Waals surface area contributed by atoms with Gasteiger partial charge in [0.05, 0.1) is 13.7 Å². The van der Waals surface area contributed by atoms with Gasteiger partial charge in [0.2, 0.25) is 0 Å². The topological polar surface area (TPSA) is 44.5 Å². The van der Waals surface area contributed by atoms with Crippen LogP contribution in [0.15, 0.2) is 23.6 Å². The molecule has 4 heteroatoms. The van der Waals surface area contributed by atoms with Crippen molar-refractivity contribution in [2.24, 2.45) is 5.90 Å². The number of benzene rings is 1. The van der Waals surface area contributed by atoms with Crippen LogP contribution in [0.5, 0.6) is 5.75 Å². The van der Waals surface area contributed by atoms with Crippen molar-refractivity contribution in [3.05, 3.63) is 29.1 Å². The number of nitrogens with two attached hydrogens (primary N) is 1. The third-order valence-electron chi connectivity index (χ3n) is 2.10. The Balaban J connectivity index is 2.62. The van der Waals surface area contributed by atoms with E-state index in [-0.39, 0.29) is 0 Å². The molecule has 14 heavy (non-hydrogen) atoms. The van der Waals surface area contributed by atoms with Crippen LogP contribution in [0.4, 0.5) is 0 Å². The van der Waals surface area contributed by atoms with E-state index in [9.17, 15) is 0 Å². The summed E-state index contributed by atoms with van der Waals surface area (Å²) in [5.41, 5.74) is 1.07. The molecule has 1 aromatic heterocycles. The third kappa shape index (κ3) is 1.48. The molecule has 0 aliphatic carbocycles. The lowest BCUT2D eigenvalue weighted by Crippen LogP contribution is -1.98. The van der Waals surface area contributed by atoms with Gasteiger partial charge in [0.1, 0.15) is 5.75 Å². The summed E-state index contributed by atoms with van der Waals surface area (Å²) < 4.78 is 6.47. The molecule has 0 saturated heterocycles. The molecule has 0 bridgehead atoms. The highest BCUT2D eigenvalue weighted by molar-refractivity contribution is 7.17. The molecule has 0 spiro atoms. The maximum absolute atomic E-state index is 5.28. The highest BCUT2D eigenvalue weighted by Crippen LogP contribution is 2.33. The van der Waals surface area contributed by atoms with E-state index >= 15 is 0 Å². The Kier molecular flexibility index (Phi) is 2.67. The highest BCUT2D eigenvalue weighted by atomic mass is 32.1. The minimum absolute atomic E-state index is 0.417. The Morgan fingerprint density at radius 1 is 1.43 bits per heavy atom. The van der Waals surface area contributed by atoms with Crippen LogP contribution in [0.2, 0.25) is 0 Å². The molecule has 0 saturated carbocycles. The van der Waals surface area contributed by atoms with Crippen molar-refractivity contribution in [1.29, 1.82) is 0 Å². The first-order valence-corrected chi connectivity index (χ1v) is 5.09. The molecule has 0 unspecified atom stereocenters. The zero-order chi connectivity index (χ0) is 9.97. The Labute approximate surface area is 86.0 Å². The standard InChI is InChI=1S/C10H11NO2S/c1-12-8-3-2-4-9-10(8)7(5-13-11)6-14-9/h2-4,6H,5,11H2,1H3. The molecule has 0 aliphatic rings. The molecule has 0 atom stereocenters. The first kappa shape index (κ1) is 9.45. The fourth-order valence-electron chi connectivity index (χ4n) is 1.49. The molecule has 0 radical (unpaired) electrons. The van der Waals surface area contributed by atoms with Crippen molar-refractivity contribution in [2.45, 2.75) is 6.61 Å². The smallest absolute Gasteiger partial charge is 0.127 e. The van der Waals surface area contributed by atoms with Gasteiger partial charge in [0.15, 0.2) is 0 Å². The number of hydrogen-bond donors (Lipinski definition) is 1. The fourth-order valence-corrected chi connectivity index (χ4v) is 2.45. The Morgan fingerprint density at radius 2 is 2.29 bits per heavy atom. The Morgan fingerprint density at radius 3 is 3.00 bits per heavy atom. The lowest BCUT2D eigenvalue weighted by atomic mass is 10.1. The zero-order valence-electron chi connectivity index (χ0n) is 7.82. The minimum Gasteiger partial charge on any atom is -0.496 e. The largest absolute Gasteiger partial charge is 0.496 e. The number of ether oxygens (including phenoxy) is 1. The summed E-state index contributed by atoms with van der Waals surface area (Å²) in [4.78, 5) is 4.64. The predicted octanol–water partition coefficient (Wildman–Crippen LogP) is 2.30. The first-order valence-electron chi connectivity index (χ1n) is 4.21. The van der Waals surface area contributed by atoms with E-state index in [0.717, 1.165) is 16.7 Å². The highest BCUT2D eigenvalue weighted by Gasteiger charge is 2.08. The van der Waals surface area contributed by atoms with Gasteiger partial charge in [-0.25, -0.2) is 5.90 Å². The Bertz CT molecular complexity index is 439. The van der Waals surface area contributed by atoms with Crippen LogP contribution in [-0.4, -0.2) is 7.11 Å². The molecule has 74 valence electrons. The number of rotatable bonds is 3. The molecule has 1 heterocycles. The summed E-state index contributed by atoms with van der Waals surface area (Å²) in [5, 5.41) is 3.14. The van der Waals surface area contributed by atoms with Crippen LogP contribution in [0.3, 0.4) is 0 Å². The number of thiophene rings is 1. The van der Waals surface area contributed by atoms with Crippen LogP contribution in [0, 0.1) is 0 Å². The maximum Gasteiger partial charge on any atom is 0.127 e. The van der Waals surface area contributed by atoms with E-state index in [1.54, 1.807) is 18.4 Å². The van der Waals surface area contributed by atoms with E-state index in [1.165, 1.54) is 4.70 Å². The van der Waals surface area contributed by atoms with Crippen molar-refractivity contribution in [3.63, 3.8) is 0 Å². The van der Waals surface area contributed by atoms with Gasteiger partial charge in [-0.15, -0.1) is 11.3 Å². The second kappa shape index (κ2) is 3.96. The van der Waals surface area contributed by atoms with Gasteiger partial charge in [-0.05, 0) is 17.5 Å². The average Bonchev–Trinajstić information content (AvgIpc) is 2.62. The molecule has 0 aliphatic heterocycles. The fraction of sp³-hybridized carbons (Fsp3) is 0.200. The molecule has 3 nitrogen and oxygen atoms in total. The van der Waals surface area contributed by atoms with E-state index in [0.29, 0.717) is 6.61 Å². The molecular weight excluding hydrogens is 198 g/mol. The second-order valence-corrected chi connectivity index (χ2v) is 3.82. The number of methoxy groups -OCH3 is 1. The predicted molar refractivity (Wildman–Crippen MR) is 57.4 cm³/mol. The summed E-state index contributed by atoms with van der Waals surface area (Å²) in [6.07, 6.45) is 0. The van der Waals surface area contributed by atoms with E-state index in [2.05, 4.69) is 10.9 Å². The van der Waals surface area contributed by atoms with Crippen molar-refractivity contribution in [3.8, 4) is 5.75 Å². The molecule has 0 amide bonds. The van der Waals surface area contributed by atoms with Gasteiger partial charge in [0, 0.05) is 15.6 Å². The summed E-state index contributed by atoms with van der Waals surface area (Å²) >= 11 is 1.67. The summed E-state index contributed by atoms with van der Waals surface area (Å²) in [7, 11) is 1.67. The lowest BCUT2D eigenvalue weighted by molar-refractivity contribution is 0.125. The Hall–Kier alpha value is -1.10. The monoisotopic (exact) mass is 209 g/mol. The van der Waals surface area contributed by atoms with Gasteiger partial charge in [0.25, 0.3) is 0 Å². The van der Waals surface area contributed by atoms with Crippen LogP contribution in [0.1, 0.15) is 5.56 Å². The van der Waals surface area contributed by atoms with E-state index < -0.39 is 0 Å². The first-order chi connectivity index (χ1) is 6.86. The molecule has 2 N–H and O–H groups in total. The second-order valence-electron chi connectivity index (χ2n) is 2.91. The van der Waals surface area contributed by atoms with Gasteiger partial charge >= 0.3 is 0 Å². The van der Waals surface area contributed by atoms with Crippen molar-refractivity contribution < 1.29 is 9.57 Å². The number of hydrogen-bond acceptors (Lipinski definition) is 4. The van der Waals surface area contributed by atoms with Gasteiger partial charge in [-0.3, -0.25) is 4.84 Å². The molecule has 0 fully saturated rings. The van der Waals surface area contributed by atoms with Crippen LogP contribution in [0.25, 0.3) is 10.1 Å². The lowest BCUT2D eigenvalue weighted by Gasteiger charge is -2.03. The average molecular weight is 209 g/mol. The zero-order valence-corrected chi connectivity index (χ0v) is 8.64. The maximum atomic E-state index is 5.28. The van der Waals surface area contributed by atoms with Gasteiger partial charge in [-0.1, -0.05) is 6.07 Å². The van der Waals surface area contributed by atoms with Crippen LogP contribution < -0.4 is 10.6 Å². The number of fused-ring (bicyclic) bond motifs is 1. The van der Waals surface area contributed by atoms with Crippen LogP contribution in [-0.2, 0) is 11.4 Å². The van der Waals surface area contributed by atoms with Crippen molar-refractivity contribution in [1.82, 2.24) is 0 Å². The van der Waals surface area contributed by atoms with Crippen molar-refractivity contribution in [2.75, 3.05) is 7.11 Å². The molecular formula is C10H11NO2S.